The van der Waals surface area contributed by atoms with Gasteiger partial charge in [0.15, 0.2) is 5.82 Å². The van der Waals surface area contributed by atoms with Crippen LogP contribution in [0.15, 0.2) is 12.1 Å². The van der Waals surface area contributed by atoms with Gasteiger partial charge in [-0.25, -0.2) is 4.79 Å². The predicted octanol–water partition coefficient (Wildman–Crippen LogP) is 2.24. The van der Waals surface area contributed by atoms with E-state index in [4.69, 9.17) is 9.47 Å². The van der Waals surface area contributed by atoms with Crippen LogP contribution in [0.2, 0.25) is 0 Å². The fraction of sp³-hybridized carbons (Fsp3) is 0.579. The minimum absolute atomic E-state index is 0.0131. The summed E-state index contributed by atoms with van der Waals surface area (Å²) in [5, 5.41) is 16.9. The summed E-state index contributed by atoms with van der Waals surface area (Å²) in [5.41, 5.74) is 2.19. The van der Waals surface area contributed by atoms with E-state index in [0.29, 0.717) is 30.5 Å². The first-order valence-corrected chi connectivity index (χ1v) is 9.88. The molecule has 1 aliphatic carbocycles. The lowest BCUT2D eigenvalue weighted by Crippen LogP contribution is -2.33. The summed E-state index contributed by atoms with van der Waals surface area (Å²) < 4.78 is 12.7. The highest BCUT2D eigenvalue weighted by atomic mass is 16.6. The van der Waals surface area contributed by atoms with E-state index in [1.807, 2.05) is 19.9 Å². The molecule has 10 nitrogen and oxygen atoms in total. The van der Waals surface area contributed by atoms with E-state index < -0.39 is 6.09 Å². The molecular formula is C19H26N6O4. The van der Waals surface area contributed by atoms with Crippen LogP contribution in [-0.2, 0) is 16.5 Å². The lowest BCUT2D eigenvalue weighted by Gasteiger charge is -2.13. The molecule has 3 heterocycles. The van der Waals surface area contributed by atoms with Gasteiger partial charge >= 0.3 is 6.09 Å². The van der Waals surface area contributed by atoms with Gasteiger partial charge in [-0.05, 0) is 32.8 Å². The van der Waals surface area contributed by atoms with Gasteiger partial charge in [-0.2, -0.15) is 10.2 Å². The molecule has 2 fully saturated rings. The van der Waals surface area contributed by atoms with Crippen molar-refractivity contribution < 1.29 is 19.1 Å². The normalized spacial score (nSPS) is 21.4. The minimum Gasteiger partial charge on any atom is -0.444 e. The van der Waals surface area contributed by atoms with Crippen molar-refractivity contribution in [3.8, 4) is 0 Å². The maximum absolute atomic E-state index is 12.6. The van der Waals surface area contributed by atoms with Crippen LogP contribution >= 0.6 is 0 Å². The van der Waals surface area contributed by atoms with Crippen molar-refractivity contribution in [3.05, 3.63) is 29.2 Å². The van der Waals surface area contributed by atoms with Crippen molar-refractivity contribution in [3.63, 3.8) is 0 Å². The van der Waals surface area contributed by atoms with Gasteiger partial charge in [0.1, 0.15) is 17.9 Å². The molecule has 1 saturated carbocycles. The lowest BCUT2D eigenvalue weighted by atomic mass is 10.1. The Hall–Kier alpha value is -2.88. The molecule has 2 amide bonds. The topological polar surface area (TPSA) is 123 Å². The van der Waals surface area contributed by atoms with Crippen LogP contribution in [0, 0.1) is 0 Å². The number of anilines is 1. The van der Waals surface area contributed by atoms with E-state index in [1.54, 1.807) is 17.8 Å². The van der Waals surface area contributed by atoms with Gasteiger partial charge in [0, 0.05) is 31.5 Å². The Balaban J connectivity index is 1.33. The number of hydrogen-bond donors (Lipinski definition) is 3. The Morgan fingerprint density at radius 1 is 1.34 bits per heavy atom. The van der Waals surface area contributed by atoms with Crippen molar-refractivity contribution in [2.45, 2.75) is 57.3 Å². The van der Waals surface area contributed by atoms with E-state index in [2.05, 4.69) is 25.9 Å². The molecule has 1 aliphatic heterocycles. The molecule has 0 radical (unpaired) electrons. The average molecular weight is 402 g/mol. The Morgan fingerprint density at radius 2 is 2.14 bits per heavy atom. The first-order chi connectivity index (χ1) is 13.9. The first-order valence-electron chi connectivity index (χ1n) is 9.88. The van der Waals surface area contributed by atoms with Crippen LogP contribution < -0.4 is 10.6 Å². The van der Waals surface area contributed by atoms with Gasteiger partial charge in [-0.3, -0.25) is 14.6 Å². The number of nitrogens with zero attached hydrogens (tertiary/aromatic N) is 3. The Kier molecular flexibility index (Phi) is 5.27. The first kappa shape index (κ1) is 19.4. The molecule has 2 aromatic rings. The summed E-state index contributed by atoms with van der Waals surface area (Å²) in [4.78, 5) is 24.3. The fourth-order valence-corrected chi connectivity index (χ4v) is 3.34. The molecule has 4 rings (SSSR count). The minimum atomic E-state index is -0.450. The Labute approximate surface area is 168 Å². The van der Waals surface area contributed by atoms with Gasteiger partial charge < -0.3 is 20.1 Å². The predicted molar refractivity (Wildman–Crippen MR) is 104 cm³/mol. The summed E-state index contributed by atoms with van der Waals surface area (Å²) in [6.45, 7) is 4.05. The summed E-state index contributed by atoms with van der Waals surface area (Å²) in [7, 11) is 1.76. The second-order valence-corrected chi connectivity index (χ2v) is 7.90. The number of aromatic amines is 1. The maximum Gasteiger partial charge on any atom is 0.407 e. The number of aromatic nitrogens is 4. The van der Waals surface area contributed by atoms with Gasteiger partial charge in [-0.1, -0.05) is 0 Å². The molecule has 0 spiro atoms. The largest absolute Gasteiger partial charge is 0.444 e. The quantitative estimate of drug-likeness (QED) is 0.681. The number of ether oxygens (including phenoxy) is 2. The number of rotatable bonds is 6. The highest BCUT2D eigenvalue weighted by Gasteiger charge is 2.31. The molecule has 29 heavy (non-hydrogen) atoms. The summed E-state index contributed by atoms with van der Waals surface area (Å²) in [6, 6.07) is 3.58. The van der Waals surface area contributed by atoms with E-state index in [1.165, 1.54) is 0 Å². The van der Waals surface area contributed by atoms with Gasteiger partial charge in [0.05, 0.1) is 18.0 Å². The van der Waals surface area contributed by atoms with E-state index in [0.717, 1.165) is 24.2 Å². The third-order valence-corrected chi connectivity index (χ3v) is 4.95. The molecule has 156 valence electrons. The highest BCUT2D eigenvalue weighted by Crippen LogP contribution is 2.39. The second kappa shape index (κ2) is 7.86. The van der Waals surface area contributed by atoms with Crippen LogP contribution in [-0.4, -0.2) is 50.7 Å². The number of aryl methyl sites for hydroxylation is 1. The SMILES string of the molecule is CC(C)NC(=O)O[C@H]1CO[C@@H](c2cc(NC(=O)c3cc(C4CC4)nn3C)n[nH]2)C1. The number of H-pyrrole nitrogens is 1. The zero-order valence-electron chi connectivity index (χ0n) is 16.8. The lowest BCUT2D eigenvalue weighted by molar-refractivity contribution is 0.0682. The zero-order valence-corrected chi connectivity index (χ0v) is 16.8. The molecule has 2 aliphatic rings. The molecule has 0 bridgehead atoms. The fourth-order valence-electron chi connectivity index (χ4n) is 3.34. The number of hydrogen-bond acceptors (Lipinski definition) is 6. The maximum atomic E-state index is 12.6. The smallest absolute Gasteiger partial charge is 0.407 e. The monoisotopic (exact) mass is 402 g/mol. The Bertz CT molecular complexity index is 900. The van der Waals surface area contributed by atoms with E-state index in [-0.39, 0.29) is 24.2 Å². The van der Waals surface area contributed by atoms with Crippen LogP contribution in [0.1, 0.15) is 67.0 Å². The molecule has 10 heteroatoms. The second-order valence-electron chi connectivity index (χ2n) is 7.90. The molecule has 3 N–H and O–H groups in total. The van der Waals surface area contributed by atoms with Gasteiger partial charge in [-0.15, -0.1) is 0 Å². The molecule has 2 aromatic heterocycles. The standard InChI is InChI=1S/C19H26N6O4/c1-10(2)20-19(27)29-12-6-16(28-9-12)14-8-17(23-22-14)21-18(26)15-7-13(11-4-5-11)24-25(15)3/h7-8,10-12,16H,4-6,9H2,1-3H3,(H,20,27)(H2,21,22,23,26)/t12-,16-/m1/s1. The number of carbonyl (C=O) groups is 2. The van der Waals surface area contributed by atoms with Crippen molar-refractivity contribution in [2.24, 2.45) is 7.05 Å². The number of alkyl carbamates (subject to hydrolysis) is 1. The molecule has 0 aromatic carbocycles. The summed E-state index contributed by atoms with van der Waals surface area (Å²) in [5.74, 6) is 0.630. The van der Waals surface area contributed by atoms with Crippen molar-refractivity contribution in [1.29, 1.82) is 0 Å². The number of carbonyl (C=O) groups excluding carboxylic acids is 2. The van der Waals surface area contributed by atoms with Crippen LogP contribution in [0.5, 0.6) is 0 Å². The summed E-state index contributed by atoms with van der Waals surface area (Å²) in [6.07, 6.45) is 1.73. The average Bonchev–Trinajstić information content (AvgIpc) is 3.03. The highest BCUT2D eigenvalue weighted by molar-refractivity contribution is 6.02. The van der Waals surface area contributed by atoms with Crippen molar-refractivity contribution in [1.82, 2.24) is 25.3 Å². The molecular weight excluding hydrogens is 376 g/mol. The number of amides is 2. The summed E-state index contributed by atoms with van der Waals surface area (Å²) >= 11 is 0. The molecule has 2 atom stereocenters. The van der Waals surface area contributed by atoms with Gasteiger partial charge in [0.25, 0.3) is 5.91 Å². The third-order valence-electron chi connectivity index (χ3n) is 4.95. The third kappa shape index (κ3) is 4.58. The Morgan fingerprint density at radius 3 is 2.86 bits per heavy atom. The van der Waals surface area contributed by atoms with Crippen LogP contribution in [0.25, 0.3) is 0 Å². The van der Waals surface area contributed by atoms with Crippen LogP contribution in [0.4, 0.5) is 10.6 Å². The van der Waals surface area contributed by atoms with Crippen molar-refractivity contribution in [2.75, 3.05) is 11.9 Å². The van der Waals surface area contributed by atoms with Crippen molar-refractivity contribution >= 4 is 17.8 Å². The zero-order chi connectivity index (χ0) is 20.5. The van der Waals surface area contributed by atoms with Crippen LogP contribution in [0.3, 0.4) is 0 Å². The molecule has 1 saturated heterocycles. The molecule has 0 unspecified atom stereocenters. The van der Waals surface area contributed by atoms with Gasteiger partial charge in [0.2, 0.25) is 0 Å². The van der Waals surface area contributed by atoms with E-state index >= 15 is 0 Å². The van der Waals surface area contributed by atoms with E-state index in [9.17, 15) is 9.59 Å². The number of nitrogens with one attached hydrogen (secondary N) is 3.